The van der Waals surface area contributed by atoms with E-state index in [0.29, 0.717) is 44.1 Å². The van der Waals surface area contributed by atoms with Crippen LogP contribution in [-0.2, 0) is 26.1 Å². The number of nitrogens with one attached hydrogen (secondary N) is 1. The molecular weight excluding hydrogens is 408 g/mol. The Labute approximate surface area is 177 Å². The maximum Gasteiger partial charge on any atom is 0.243 e. The minimum atomic E-state index is -3.64. The number of carbonyl (C=O) groups is 1. The standard InChI is InChI=1S/C20H28N4O5S/c1-14-5-6-17(11-19(14)30(26,27)24-7-9-28-10-8-24)21-20(25)13-23(4)12-18-15(2)22-29-16(18)3/h5-6,11H,7-10,12-13H2,1-4H3,(H,21,25). The number of likely N-dealkylation sites (N-methyl/N-ethyl adjacent to an activating group) is 1. The highest BCUT2D eigenvalue weighted by Crippen LogP contribution is 2.24. The molecule has 0 bridgehead atoms. The predicted octanol–water partition coefficient (Wildman–Crippen LogP) is 1.69. The monoisotopic (exact) mass is 436 g/mol. The Balaban J connectivity index is 1.68. The lowest BCUT2D eigenvalue weighted by Gasteiger charge is -2.27. The van der Waals surface area contributed by atoms with Crippen molar-refractivity contribution in [2.75, 3.05) is 45.2 Å². The molecule has 164 valence electrons. The van der Waals surface area contributed by atoms with Gasteiger partial charge in [-0.15, -0.1) is 0 Å². The topological polar surface area (TPSA) is 105 Å². The van der Waals surface area contributed by atoms with Crippen molar-refractivity contribution >= 4 is 21.6 Å². The molecule has 30 heavy (non-hydrogen) atoms. The molecule has 2 heterocycles. The van der Waals surface area contributed by atoms with Crippen LogP contribution in [0.25, 0.3) is 0 Å². The van der Waals surface area contributed by atoms with Gasteiger partial charge >= 0.3 is 0 Å². The summed E-state index contributed by atoms with van der Waals surface area (Å²) in [5.41, 5.74) is 2.84. The smallest absolute Gasteiger partial charge is 0.243 e. The van der Waals surface area contributed by atoms with Crippen molar-refractivity contribution < 1.29 is 22.5 Å². The van der Waals surface area contributed by atoms with E-state index < -0.39 is 10.0 Å². The summed E-state index contributed by atoms with van der Waals surface area (Å²) in [5, 5.41) is 6.72. The molecule has 1 aromatic heterocycles. The molecule has 0 saturated carbocycles. The normalized spacial score (nSPS) is 15.5. The molecule has 0 aliphatic carbocycles. The highest BCUT2D eigenvalue weighted by atomic mass is 32.2. The molecule has 1 saturated heterocycles. The van der Waals surface area contributed by atoms with E-state index >= 15 is 0 Å². The Kier molecular flexibility index (Phi) is 6.91. The first-order chi connectivity index (χ1) is 14.2. The van der Waals surface area contributed by atoms with E-state index in [0.717, 1.165) is 17.0 Å². The lowest BCUT2D eigenvalue weighted by molar-refractivity contribution is -0.117. The van der Waals surface area contributed by atoms with Crippen molar-refractivity contribution in [3.63, 3.8) is 0 Å². The van der Waals surface area contributed by atoms with Gasteiger partial charge in [0.2, 0.25) is 15.9 Å². The molecule has 9 nitrogen and oxygen atoms in total. The molecule has 1 aromatic carbocycles. The fourth-order valence-electron chi connectivity index (χ4n) is 3.38. The second kappa shape index (κ2) is 9.25. The Bertz CT molecular complexity index is 993. The summed E-state index contributed by atoms with van der Waals surface area (Å²) >= 11 is 0. The first-order valence-electron chi connectivity index (χ1n) is 9.77. The second-order valence-electron chi connectivity index (χ2n) is 7.52. The van der Waals surface area contributed by atoms with Crippen molar-refractivity contribution in [3.05, 3.63) is 40.8 Å². The quantitative estimate of drug-likeness (QED) is 0.704. The first kappa shape index (κ1) is 22.4. The number of aryl methyl sites for hydroxylation is 3. The predicted molar refractivity (Wildman–Crippen MR) is 112 cm³/mol. The third-order valence-electron chi connectivity index (χ3n) is 5.08. The number of nitrogens with zero attached hydrogens (tertiary/aromatic N) is 3. The van der Waals surface area contributed by atoms with E-state index in [1.807, 2.05) is 25.8 Å². The molecule has 1 fully saturated rings. The van der Waals surface area contributed by atoms with Gasteiger partial charge in [0.05, 0.1) is 30.3 Å². The van der Waals surface area contributed by atoms with Crippen LogP contribution < -0.4 is 5.32 Å². The Morgan fingerprint density at radius 1 is 1.23 bits per heavy atom. The largest absolute Gasteiger partial charge is 0.379 e. The number of morpholine rings is 1. The Hall–Kier alpha value is -2.27. The zero-order valence-corrected chi connectivity index (χ0v) is 18.6. The lowest BCUT2D eigenvalue weighted by atomic mass is 10.2. The van der Waals surface area contributed by atoms with E-state index in [-0.39, 0.29) is 17.3 Å². The average Bonchev–Trinajstić information content (AvgIpc) is 3.02. The number of sulfonamides is 1. The molecular formula is C20H28N4O5S. The highest BCUT2D eigenvalue weighted by Gasteiger charge is 2.28. The first-order valence-corrected chi connectivity index (χ1v) is 11.2. The molecule has 0 unspecified atom stereocenters. The molecule has 1 aliphatic heterocycles. The average molecular weight is 437 g/mol. The number of ether oxygens (including phenoxy) is 1. The number of aromatic nitrogens is 1. The molecule has 0 radical (unpaired) electrons. The molecule has 1 aliphatic rings. The summed E-state index contributed by atoms with van der Waals surface area (Å²) in [5.74, 6) is 0.499. The third kappa shape index (κ3) is 5.07. The van der Waals surface area contributed by atoms with Gasteiger partial charge in [-0.2, -0.15) is 4.31 Å². The summed E-state index contributed by atoms with van der Waals surface area (Å²) in [6.45, 7) is 7.53. The van der Waals surface area contributed by atoms with Gasteiger partial charge in [0.1, 0.15) is 5.76 Å². The third-order valence-corrected chi connectivity index (χ3v) is 7.12. The number of rotatable bonds is 7. The zero-order chi connectivity index (χ0) is 21.9. The van der Waals surface area contributed by atoms with Crippen molar-refractivity contribution in [2.45, 2.75) is 32.2 Å². The number of carbonyl (C=O) groups excluding carboxylic acids is 1. The van der Waals surface area contributed by atoms with Gasteiger partial charge in [0, 0.05) is 30.9 Å². The summed E-state index contributed by atoms with van der Waals surface area (Å²) in [7, 11) is -1.82. The number of amides is 1. The van der Waals surface area contributed by atoms with E-state index in [1.54, 1.807) is 19.1 Å². The molecule has 1 N–H and O–H groups in total. The SMILES string of the molecule is Cc1ccc(NC(=O)CN(C)Cc2c(C)noc2C)cc1S(=O)(=O)N1CCOCC1. The minimum Gasteiger partial charge on any atom is -0.379 e. The molecule has 0 spiro atoms. The van der Waals surface area contributed by atoms with Crippen LogP contribution in [0.3, 0.4) is 0 Å². The summed E-state index contributed by atoms with van der Waals surface area (Å²) < 4.78 is 37.8. The fraction of sp³-hybridized carbons (Fsp3) is 0.500. The molecule has 10 heteroatoms. The number of hydrogen-bond donors (Lipinski definition) is 1. The minimum absolute atomic E-state index is 0.142. The van der Waals surface area contributed by atoms with Crippen molar-refractivity contribution in [1.82, 2.24) is 14.4 Å². The Morgan fingerprint density at radius 3 is 2.57 bits per heavy atom. The van der Waals surface area contributed by atoms with Crippen LogP contribution in [0.2, 0.25) is 0 Å². The van der Waals surface area contributed by atoms with Crippen LogP contribution in [0.5, 0.6) is 0 Å². The van der Waals surface area contributed by atoms with Gasteiger partial charge in [0.25, 0.3) is 0 Å². The van der Waals surface area contributed by atoms with Crippen molar-refractivity contribution in [3.8, 4) is 0 Å². The molecule has 0 atom stereocenters. The van der Waals surface area contributed by atoms with Gasteiger partial charge < -0.3 is 14.6 Å². The summed E-state index contributed by atoms with van der Waals surface area (Å²) in [6.07, 6.45) is 0. The number of anilines is 1. The van der Waals surface area contributed by atoms with Crippen LogP contribution in [0.1, 0.15) is 22.6 Å². The lowest BCUT2D eigenvalue weighted by Crippen LogP contribution is -2.40. The van der Waals surface area contributed by atoms with Crippen LogP contribution in [0.4, 0.5) is 5.69 Å². The van der Waals surface area contributed by atoms with Crippen LogP contribution in [0.15, 0.2) is 27.6 Å². The van der Waals surface area contributed by atoms with E-state index in [1.165, 1.54) is 10.4 Å². The van der Waals surface area contributed by atoms with Crippen molar-refractivity contribution in [1.29, 1.82) is 0 Å². The van der Waals surface area contributed by atoms with Gasteiger partial charge in [-0.05, 0) is 45.5 Å². The van der Waals surface area contributed by atoms with Crippen LogP contribution in [0, 0.1) is 20.8 Å². The maximum atomic E-state index is 13.0. The fourth-order valence-corrected chi connectivity index (χ4v) is 5.04. The van der Waals surface area contributed by atoms with Crippen LogP contribution >= 0.6 is 0 Å². The van der Waals surface area contributed by atoms with E-state index in [4.69, 9.17) is 9.26 Å². The zero-order valence-electron chi connectivity index (χ0n) is 17.8. The van der Waals surface area contributed by atoms with Crippen molar-refractivity contribution in [2.24, 2.45) is 0 Å². The number of hydrogen-bond acceptors (Lipinski definition) is 7. The molecule has 2 aromatic rings. The van der Waals surface area contributed by atoms with Gasteiger partial charge in [-0.1, -0.05) is 11.2 Å². The highest BCUT2D eigenvalue weighted by molar-refractivity contribution is 7.89. The maximum absolute atomic E-state index is 13.0. The number of benzene rings is 1. The van der Waals surface area contributed by atoms with E-state index in [9.17, 15) is 13.2 Å². The molecule has 3 rings (SSSR count). The van der Waals surface area contributed by atoms with Gasteiger partial charge in [-0.3, -0.25) is 9.69 Å². The molecule has 1 amide bonds. The summed E-state index contributed by atoms with van der Waals surface area (Å²) in [6, 6.07) is 4.93. The Morgan fingerprint density at radius 2 is 1.93 bits per heavy atom. The second-order valence-corrected chi connectivity index (χ2v) is 9.43. The van der Waals surface area contributed by atoms with E-state index in [2.05, 4.69) is 10.5 Å². The van der Waals surface area contributed by atoms with Crippen LogP contribution in [-0.4, -0.2) is 68.6 Å². The summed E-state index contributed by atoms with van der Waals surface area (Å²) in [4.78, 5) is 14.5. The van der Waals surface area contributed by atoms with Gasteiger partial charge in [0.15, 0.2) is 0 Å². The van der Waals surface area contributed by atoms with Gasteiger partial charge in [-0.25, -0.2) is 8.42 Å².